The minimum Gasteiger partial charge on any atom is -0.484 e. The van der Waals surface area contributed by atoms with Gasteiger partial charge in [0.2, 0.25) is 0 Å². The van der Waals surface area contributed by atoms with Crippen LogP contribution >= 0.6 is 0 Å². The molecule has 6 nitrogen and oxygen atoms in total. The number of benzene rings is 1. The number of amides is 1. The van der Waals surface area contributed by atoms with Gasteiger partial charge in [0.05, 0.1) is 5.71 Å². The molecule has 1 aliphatic rings. The molecule has 2 rings (SSSR count). The first-order valence-corrected chi connectivity index (χ1v) is 7.88. The van der Waals surface area contributed by atoms with Crippen LogP contribution in [-0.2, 0) is 4.79 Å². The van der Waals surface area contributed by atoms with Gasteiger partial charge < -0.3 is 14.5 Å². The summed E-state index contributed by atoms with van der Waals surface area (Å²) in [4.78, 5) is 15.3. The minimum atomic E-state index is -0.0538. The first-order valence-electron chi connectivity index (χ1n) is 7.88. The van der Waals surface area contributed by atoms with Crippen LogP contribution in [0.5, 0.6) is 5.75 Å². The molecule has 0 bridgehead atoms. The highest BCUT2D eigenvalue weighted by Crippen LogP contribution is 2.13. The van der Waals surface area contributed by atoms with Gasteiger partial charge in [0.25, 0.3) is 5.91 Å². The van der Waals surface area contributed by atoms with Crippen molar-refractivity contribution >= 4 is 11.6 Å². The van der Waals surface area contributed by atoms with Crippen LogP contribution in [0.15, 0.2) is 29.4 Å². The Kier molecular flexibility index (Phi) is 5.98. The molecule has 0 unspecified atom stereocenters. The third-order valence-corrected chi connectivity index (χ3v) is 3.90. The molecule has 0 radical (unpaired) electrons. The number of likely N-dealkylation sites (N-methyl/N-ethyl adjacent to an activating group) is 2. The van der Waals surface area contributed by atoms with Crippen LogP contribution in [0.3, 0.4) is 0 Å². The molecule has 1 fully saturated rings. The average Bonchev–Trinajstić information content (AvgIpc) is 2.55. The van der Waals surface area contributed by atoms with Gasteiger partial charge in [-0.1, -0.05) is 0 Å². The van der Waals surface area contributed by atoms with E-state index in [0.717, 1.165) is 37.5 Å². The smallest absolute Gasteiger partial charge is 0.259 e. The van der Waals surface area contributed by atoms with Crippen molar-refractivity contribution in [1.29, 1.82) is 0 Å². The van der Waals surface area contributed by atoms with E-state index in [2.05, 4.69) is 22.1 Å². The van der Waals surface area contributed by atoms with E-state index in [-0.39, 0.29) is 12.5 Å². The molecular formula is C17H26N4O2. The van der Waals surface area contributed by atoms with Crippen LogP contribution in [-0.4, -0.2) is 80.4 Å². The molecule has 0 aliphatic carbocycles. The molecule has 0 atom stereocenters. The predicted molar refractivity (Wildman–Crippen MR) is 91.9 cm³/mol. The molecule has 1 aromatic carbocycles. The highest BCUT2D eigenvalue weighted by atomic mass is 16.5. The maximum absolute atomic E-state index is 11.5. The fourth-order valence-corrected chi connectivity index (χ4v) is 2.23. The van der Waals surface area contributed by atoms with E-state index in [1.54, 1.807) is 14.1 Å². The lowest BCUT2D eigenvalue weighted by Gasteiger charge is -2.30. The number of piperazine rings is 1. The van der Waals surface area contributed by atoms with Gasteiger partial charge in [-0.3, -0.25) is 9.80 Å². The van der Waals surface area contributed by atoms with Gasteiger partial charge in [-0.25, -0.2) is 0 Å². The molecule has 126 valence electrons. The van der Waals surface area contributed by atoms with E-state index in [4.69, 9.17) is 4.74 Å². The zero-order valence-electron chi connectivity index (χ0n) is 14.5. The van der Waals surface area contributed by atoms with Gasteiger partial charge in [-0.05, 0) is 43.8 Å². The van der Waals surface area contributed by atoms with E-state index in [0.29, 0.717) is 5.75 Å². The number of hydrogen-bond donors (Lipinski definition) is 0. The third kappa shape index (κ3) is 5.25. The number of carbonyl (C=O) groups excluding carboxylic acids is 1. The second-order valence-electron chi connectivity index (χ2n) is 6.04. The zero-order valence-corrected chi connectivity index (χ0v) is 14.5. The molecule has 1 amide bonds. The van der Waals surface area contributed by atoms with Gasteiger partial charge in [0.1, 0.15) is 5.75 Å². The van der Waals surface area contributed by atoms with Gasteiger partial charge in [-0.2, -0.15) is 5.10 Å². The standard InChI is InChI=1S/C17H26N4O2/c1-14(18-21-11-9-20(4)10-12-21)15-5-7-16(8-6-15)23-13-17(22)19(2)3/h5-8H,9-13H2,1-4H3/b18-14+. The SMILES string of the molecule is C/C(=N\N1CCN(C)CC1)c1ccc(OCC(=O)N(C)C)cc1. The first kappa shape index (κ1) is 17.3. The van der Waals surface area contributed by atoms with E-state index in [9.17, 15) is 4.79 Å². The van der Waals surface area contributed by atoms with Crippen molar-refractivity contribution in [2.45, 2.75) is 6.92 Å². The summed E-state index contributed by atoms with van der Waals surface area (Å²) in [6.45, 7) is 6.08. The Hall–Kier alpha value is -2.08. The molecule has 1 saturated heterocycles. The van der Waals surface area contributed by atoms with Crippen LogP contribution < -0.4 is 4.74 Å². The third-order valence-electron chi connectivity index (χ3n) is 3.90. The fraction of sp³-hybridized carbons (Fsp3) is 0.529. The van der Waals surface area contributed by atoms with Crippen molar-refractivity contribution < 1.29 is 9.53 Å². The molecule has 23 heavy (non-hydrogen) atoms. The Balaban J connectivity index is 1.92. The summed E-state index contributed by atoms with van der Waals surface area (Å²) in [6.07, 6.45) is 0. The van der Waals surface area contributed by atoms with E-state index < -0.39 is 0 Å². The number of carbonyl (C=O) groups is 1. The summed E-state index contributed by atoms with van der Waals surface area (Å²) in [5, 5.41) is 6.81. The normalized spacial score (nSPS) is 16.3. The number of nitrogens with zero attached hydrogens (tertiary/aromatic N) is 4. The Labute approximate surface area is 138 Å². The van der Waals surface area contributed by atoms with E-state index >= 15 is 0 Å². The molecule has 1 heterocycles. The van der Waals surface area contributed by atoms with E-state index in [1.165, 1.54) is 4.90 Å². The van der Waals surface area contributed by atoms with Crippen molar-refractivity contribution in [2.24, 2.45) is 5.10 Å². The molecule has 0 saturated carbocycles. The van der Waals surface area contributed by atoms with Crippen molar-refractivity contribution in [1.82, 2.24) is 14.8 Å². The zero-order chi connectivity index (χ0) is 16.8. The average molecular weight is 318 g/mol. The molecule has 0 spiro atoms. The second-order valence-corrected chi connectivity index (χ2v) is 6.04. The summed E-state index contributed by atoms with van der Waals surface area (Å²) in [7, 11) is 5.56. The van der Waals surface area contributed by atoms with Crippen LogP contribution in [0.2, 0.25) is 0 Å². The van der Waals surface area contributed by atoms with Crippen molar-refractivity contribution in [3.63, 3.8) is 0 Å². The topological polar surface area (TPSA) is 48.4 Å². The first-order chi connectivity index (χ1) is 11.0. The minimum absolute atomic E-state index is 0.0538. The summed E-state index contributed by atoms with van der Waals surface area (Å²) in [6, 6.07) is 7.71. The molecule has 1 aliphatic heterocycles. The molecule has 1 aromatic rings. The van der Waals surface area contributed by atoms with E-state index in [1.807, 2.05) is 31.2 Å². The Morgan fingerprint density at radius 1 is 1.17 bits per heavy atom. The van der Waals surface area contributed by atoms with Crippen molar-refractivity contribution in [3.8, 4) is 5.75 Å². The lowest BCUT2D eigenvalue weighted by Crippen LogP contribution is -2.42. The number of ether oxygens (including phenoxy) is 1. The quantitative estimate of drug-likeness (QED) is 0.764. The Bertz CT molecular complexity index is 546. The molecule has 0 N–H and O–H groups in total. The highest BCUT2D eigenvalue weighted by molar-refractivity contribution is 5.98. The van der Waals surface area contributed by atoms with Crippen LogP contribution in [0.25, 0.3) is 0 Å². The maximum Gasteiger partial charge on any atom is 0.259 e. The van der Waals surface area contributed by atoms with Gasteiger partial charge in [0.15, 0.2) is 6.61 Å². The Morgan fingerprint density at radius 3 is 2.35 bits per heavy atom. The second kappa shape index (κ2) is 7.97. The van der Waals surface area contributed by atoms with Crippen LogP contribution in [0, 0.1) is 0 Å². The number of hydrazone groups is 1. The number of rotatable bonds is 5. The lowest BCUT2D eigenvalue weighted by molar-refractivity contribution is -0.130. The summed E-state index contributed by atoms with van der Waals surface area (Å²) in [5.74, 6) is 0.637. The summed E-state index contributed by atoms with van der Waals surface area (Å²) < 4.78 is 5.48. The van der Waals surface area contributed by atoms with Crippen molar-refractivity contribution in [3.05, 3.63) is 29.8 Å². The highest BCUT2D eigenvalue weighted by Gasteiger charge is 2.12. The summed E-state index contributed by atoms with van der Waals surface area (Å²) >= 11 is 0. The van der Waals surface area contributed by atoms with Crippen molar-refractivity contribution in [2.75, 3.05) is 53.9 Å². The van der Waals surface area contributed by atoms with Crippen LogP contribution in [0.4, 0.5) is 0 Å². The van der Waals surface area contributed by atoms with Crippen LogP contribution in [0.1, 0.15) is 12.5 Å². The van der Waals surface area contributed by atoms with Gasteiger partial charge in [-0.15, -0.1) is 0 Å². The molecular weight excluding hydrogens is 292 g/mol. The lowest BCUT2D eigenvalue weighted by atomic mass is 10.1. The number of hydrogen-bond acceptors (Lipinski definition) is 5. The van der Waals surface area contributed by atoms with Gasteiger partial charge >= 0.3 is 0 Å². The molecule has 6 heteroatoms. The fourth-order valence-electron chi connectivity index (χ4n) is 2.23. The largest absolute Gasteiger partial charge is 0.484 e. The maximum atomic E-state index is 11.5. The summed E-state index contributed by atoms with van der Waals surface area (Å²) in [5.41, 5.74) is 2.06. The molecule has 0 aromatic heterocycles. The van der Waals surface area contributed by atoms with Gasteiger partial charge in [0, 0.05) is 40.3 Å². The monoisotopic (exact) mass is 318 g/mol. The Morgan fingerprint density at radius 2 is 1.78 bits per heavy atom. The predicted octanol–water partition coefficient (Wildman–Crippen LogP) is 1.12.